The Morgan fingerprint density at radius 3 is 2.46 bits per heavy atom. The molecule has 1 saturated heterocycles. The molecule has 138 valence electrons. The Morgan fingerprint density at radius 1 is 1.15 bits per heavy atom. The highest BCUT2D eigenvalue weighted by molar-refractivity contribution is 7.89. The number of nitrogens with one attached hydrogen (secondary N) is 1. The number of carbonyl (C=O) groups excluding carboxylic acids is 1. The second-order valence-corrected chi connectivity index (χ2v) is 7.57. The smallest absolute Gasteiger partial charge is 0.273 e. The van der Waals surface area contributed by atoms with E-state index in [0.717, 1.165) is 5.56 Å². The number of ether oxygens (including phenoxy) is 1. The number of rotatable bonds is 5. The highest BCUT2D eigenvalue weighted by Gasteiger charge is 2.26. The minimum Gasteiger partial charge on any atom is -0.382 e. The minimum atomic E-state index is -3.53. The first kappa shape index (κ1) is 18.2. The van der Waals surface area contributed by atoms with Crippen molar-refractivity contribution in [3.63, 3.8) is 0 Å². The van der Waals surface area contributed by atoms with Crippen LogP contribution in [-0.4, -0.2) is 54.9 Å². The standard InChI is InChI=1S/C16H19N5O4S/c17-15-14(18-5-6-19-15)16(22)20-11-12-1-3-13(4-2-12)26(23,24)21-7-9-25-10-8-21/h1-6H,7-11H2,(H2,17,19)(H,20,22). The molecule has 2 heterocycles. The summed E-state index contributed by atoms with van der Waals surface area (Å²) in [5.41, 5.74) is 6.42. The second-order valence-electron chi connectivity index (χ2n) is 5.63. The molecule has 1 aromatic heterocycles. The van der Waals surface area contributed by atoms with E-state index >= 15 is 0 Å². The minimum absolute atomic E-state index is 0.0527. The molecule has 0 aliphatic carbocycles. The van der Waals surface area contributed by atoms with Gasteiger partial charge >= 0.3 is 0 Å². The first-order chi connectivity index (χ1) is 12.5. The van der Waals surface area contributed by atoms with Crippen LogP contribution < -0.4 is 11.1 Å². The molecule has 1 aliphatic heterocycles. The number of nitrogens with two attached hydrogens (primary N) is 1. The number of hydrogen-bond donors (Lipinski definition) is 2. The van der Waals surface area contributed by atoms with Crippen LogP contribution in [0.3, 0.4) is 0 Å². The zero-order valence-electron chi connectivity index (χ0n) is 14.0. The monoisotopic (exact) mass is 377 g/mol. The zero-order valence-corrected chi connectivity index (χ0v) is 14.8. The molecule has 9 nitrogen and oxygen atoms in total. The summed E-state index contributed by atoms with van der Waals surface area (Å²) in [6.45, 7) is 1.70. The van der Waals surface area contributed by atoms with Gasteiger partial charge in [0, 0.05) is 32.0 Å². The van der Waals surface area contributed by atoms with Crippen molar-refractivity contribution in [3.05, 3.63) is 47.9 Å². The Morgan fingerprint density at radius 2 is 1.81 bits per heavy atom. The van der Waals surface area contributed by atoms with Gasteiger partial charge in [0.1, 0.15) is 0 Å². The number of nitrogens with zero attached hydrogens (tertiary/aromatic N) is 3. The Bertz CT molecular complexity index is 880. The lowest BCUT2D eigenvalue weighted by molar-refractivity contribution is 0.0730. The maximum Gasteiger partial charge on any atom is 0.273 e. The van der Waals surface area contributed by atoms with Crippen LogP contribution in [0, 0.1) is 0 Å². The lowest BCUT2D eigenvalue weighted by atomic mass is 10.2. The van der Waals surface area contributed by atoms with Crippen LogP contribution in [0.25, 0.3) is 0 Å². The molecule has 10 heteroatoms. The predicted molar refractivity (Wildman–Crippen MR) is 93.6 cm³/mol. The van der Waals surface area contributed by atoms with Gasteiger partial charge in [0.25, 0.3) is 5.91 Å². The van der Waals surface area contributed by atoms with Gasteiger partial charge in [-0.3, -0.25) is 4.79 Å². The number of sulfonamides is 1. The molecule has 3 N–H and O–H groups in total. The number of anilines is 1. The molecule has 0 unspecified atom stereocenters. The summed E-state index contributed by atoms with van der Waals surface area (Å²) in [5, 5.41) is 2.68. The SMILES string of the molecule is Nc1nccnc1C(=O)NCc1ccc(S(=O)(=O)N2CCOCC2)cc1. The summed E-state index contributed by atoms with van der Waals surface area (Å²) >= 11 is 0. The molecule has 0 atom stereocenters. The fourth-order valence-electron chi connectivity index (χ4n) is 2.51. The third-order valence-corrected chi connectivity index (χ3v) is 5.84. The van der Waals surface area contributed by atoms with Gasteiger partial charge in [-0.05, 0) is 17.7 Å². The van der Waals surface area contributed by atoms with Crippen LogP contribution in [0.4, 0.5) is 5.82 Å². The van der Waals surface area contributed by atoms with Crippen molar-refractivity contribution in [2.45, 2.75) is 11.4 Å². The van der Waals surface area contributed by atoms with Crippen molar-refractivity contribution in [3.8, 4) is 0 Å². The van der Waals surface area contributed by atoms with Crippen LogP contribution in [0.5, 0.6) is 0 Å². The quantitative estimate of drug-likeness (QED) is 0.751. The topological polar surface area (TPSA) is 128 Å². The lowest BCUT2D eigenvalue weighted by Crippen LogP contribution is -2.40. The lowest BCUT2D eigenvalue weighted by Gasteiger charge is -2.26. The van der Waals surface area contributed by atoms with Crippen molar-refractivity contribution in [2.24, 2.45) is 0 Å². The van der Waals surface area contributed by atoms with Crippen molar-refractivity contribution < 1.29 is 17.9 Å². The van der Waals surface area contributed by atoms with Crippen LogP contribution in [0.1, 0.15) is 16.1 Å². The molecule has 3 rings (SSSR count). The largest absolute Gasteiger partial charge is 0.382 e. The van der Waals surface area contributed by atoms with Crippen molar-refractivity contribution in [1.82, 2.24) is 19.6 Å². The van der Waals surface area contributed by atoms with E-state index in [1.165, 1.54) is 28.8 Å². The number of aromatic nitrogens is 2. The summed E-state index contributed by atoms with van der Waals surface area (Å²) in [7, 11) is -3.53. The molecule has 1 aliphatic rings. The van der Waals surface area contributed by atoms with Gasteiger partial charge in [-0.15, -0.1) is 0 Å². The van der Waals surface area contributed by atoms with Gasteiger partial charge in [0.2, 0.25) is 10.0 Å². The molecular formula is C16H19N5O4S. The van der Waals surface area contributed by atoms with E-state index in [4.69, 9.17) is 10.5 Å². The molecule has 0 saturated carbocycles. The zero-order chi connectivity index (χ0) is 18.6. The van der Waals surface area contributed by atoms with Crippen LogP contribution >= 0.6 is 0 Å². The molecule has 1 amide bonds. The molecular weight excluding hydrogens is 358 g/mol. The fraction of sp³-hybridized carbons (Fsp3) is 0.312. The van der Waals surface area contributed by atoms with Gasteiger partial charge in [0.05, 0.1) is 18.1 Å². The normalized spacial score (nSPS) is 15.5. The number of carbonyl (C=O) groups is 1. The highest BCUT2D eigenvalue weighted by atomic mass is 32.2. The third-order valence-electron chi connectivity index (χ3n) is 3.93. The van der Waals surface area contributed by atoms with E-state index < -0.39 is 15.9 Å². The maximum atomic E-state index is 12.6. The van der Waals surface area contributed by atoms with Gasteiger partial charge in [-0.2, -0.15) is 4.31 Å². The van der Waals surface area contributed by atoms with E-state index in [-0.39, 0.29) is 23.0 Å². The maximum absolute atomic E-state index is 12.6. The summed E-state index contributed by atoms with van der Waals surface area (Å²) in [5.74, 6) is -0.391. The summed E-state index contributed by atoms with van der Waals surface area (Å²) in [6, 6.07) is 6.38. The Kier molecular flexibility index (Phi) is 5.45. The summed E-state index contributed by atoms with van der Waals surface area (Å²) in [4.78, 5) is 20.0. The number of nitrogen functional groups attached to an aromatic ring is 1. The van der Waals surface area contributed by atoms with Crippen molar-refractivity contribution in [2.75, 3.05) is 32.0 Å². The number of hydrogen-bond acceptors (Lipinski definition) is 7. The van der Waals surface area contributed by atoms with E-state index in [2.05, 4.69) is 15.3 Å². The van der Waals surface area contributed by atoms with Crippen LogP contribution in [0.15, 0.2) is 41.6 Å². The number of benzene rings is 1. The van der Waals surface area contributed by atoms with E-state index in [9.17, 15) is 13.2 Å². The molecule has 0 bridgehead atoms. The van der Waals surface area contributed by atoms with Crippen LogP contribution in [-0.2, 0) is 21.3 Å². The molecule has 0 spiro atoms. The highest BCUT2D eigenvalue weighted by Crippen LogP contribution is 2.17. The number of amides is 1. The number of morpholine rings is 1. The van der Waals surface area contributed by atoms with Gasteiger partial charge in [-0.1, -0.05) is 12.1 Å². The van der Waals surface area contributed by atoms with Crippen molar-refractivity contribution in [1.29, 1.82) is 0 Å². The third kappa shape index (κ3) is 3.98. The second kappa shape index (κ2) is 7.77. The van der Waals surface area contributed by atoms with Gasteiger partial charge in [0.15, 0.2) is 11.5 Å². The van der Waals surface area contributed by atoms with Gasteiger partial charge in [-0.25, -0.2) is 18.4 Å². The Balaban J connectivity index is 1.64. The van der Waals surface area contributed by atoms with E-state index in [1.54, 1.807) is 12.1 Å². The molecule has 2 aromatic rings. The van der Waals surface area contributed by atoms with Crippen molar-refractivity contribution >= 4 is 21.7 Å². The Hall–Kier alpha value is -2.56. The van der Waals surface area contributed by atoms with Gasteiger partial charge < -0.3 is 15.8 Å². The van der Waals surface area contributed by atoms with Crippen LogP contribution in [0.2, 0.25) is 0 Å². The average Bonchev–Trinajstić information content (AvgIpc) is 2.67. The molecule has 26 heavy (non-hydrogen) atoms. The predicted octanol–water partition coefficient (Wildman–Crippen LogP) is 0.00970. The summed E-state index contributed by atoms with van der Waals surface area (Å²) < 4.78 is 31.7. The first-order valence-corrected chi connectivity index (χ1v) is 9.44. The van der Waals surface area contributed by atoms with E-state index in [0.29, 0.717) is 26.3 Å². The molecule has 0 radical (unpaired) electrons. The molecule has 1 aromatic carbocycles. The fourth-order valence-corrected chi connectivity index (χ4v) is 3.91. The van der Waals surface area contributed by atoms with E-state index in [1.807, 2.05) is 0 Å². The average molecular weight is 377 g/mol. The Labute approximate surface area is 151 Å². The first-order valence-electron chi connectivity index (χ1n) is 8.00. The summed E-state index contributed by atoms with van der Waals surface area (Å²) in [6.07, 6.45) is 2.79. The molecule has 1 fully saturated rings.